The van der Waals surface area contributed by atoms with E-state index in [1.165, 1.54) is 0 Å². The molecule has 0 saturated carbocycles. The fraction of sp³-hybridized carbons (Fsp3) is 0.409. The summed E-state index contributed by atoms with van der Waals surface area (Å²) in [6, 6.07) is 21.6. The van der Waals surface area contributed by atoms with Crippen LogP contribution < -0.4 is 0 Å². The van der Waals surface area contributed by atoms with Gasteiger partial charge >= 0.3 is 0 Å². The lowest BCUT2D eigenvalue weighted by Gasteiger charge is -2.46. The van der Waals surface area contributed by atoms with Crippen molar-refractivity contribution in [1.29, 1.82) is 5.26 Å². The molecular formula is C22H25NO4. The van der Waals surface area contributed by atoms with Gasteiger partial charge in [-0.2, -0.15) is 5.26 Å². The van der Waals surface area contributed by atoms with Gasteiger partial charge in [0.25, 0.3) is 0 Å². The van der Waals surface area contributed by atoms with E-state index in [9.17, 15) is 10.4 Å². The highest BCUT2D eigenvalue weighted by molar-refractivity contribution is 5.15. The van der Waals surface area contributed by atoms with Crippen molar-refractivity contribution in [2.24, 2.45) is 0 Å². The van der Waals surface area contributed by atoms with Crippen molar-refractivity contribution in [2.75, 3.05) is 6.61 Å². The van der Waals surface area contributed by atoms with Gasteiger partial charge in [-0.25, -0.2) is 0 Å². The summed E-state index contributed by atoms with van der Waals surface area (Å²) in [6.07, 6.45) is -1.73. The summed E-state index contributed by atoms with van der Waals surface area (Å²) in [5, 5.41) is 20.4. The van der Waals surface area contributed by atoms with Gasteiger partial charge in [-0.15, -0.1) is 0 Å². The Morgan fingerprint density at radius 2 is 1.59 bits per heavy atom. The molecule has 142 valence electrons. The molecule has 5 heteroatoms. The van der Waals surface area contributed by atoms with Crippen LogP contribution in [0.15, 0.2) is 60.7 Å². The summed E-state index contributed by atoms with van der Waals surface area (Å²) in [5.41, 5.74) is 0.600. The first kappa shape index (κ1) is 19.5. The van der Waals surface area contributed by atoms with Crippen LogP contribution >= 0.6 is 0 Å². The van der Waals surface area contributed by atoms with Gasteiger partial charge in [-0.05, 0) is 18.1 Å². The first-order valence-electron chi connectivity index (χ1n) is 9.15. The Morgan fingerprint density at radius 1 is 1.04 bits per heavy atom. The zero-order valence-corrected chi connectivity index (χ0v) is 15.5. The van der Waals surface area contributed by atoms with E-state index in [1.54, 1.807) is 6.92 Å². The largest absolute Gasteiger partial charge is 0.383 e. The molecule has 4 atom stereocenters. The Morgan fingerprint density at radius 3 is 2.15 bits per heavy atom. The molecule has 27 heavy (non-hydrogen) atoms. The number of benzene rings is 2. The van der Waals surface area contributed by atoms with Crippen molar-refractivity contribution in [3.8, 4) is 6.07 Å². The molecule has 0 spiro atoms. The van der Waals surface area contributed by atoms with Crippen molar-refractivity contribution in [3.05, 3.63) is 71.8 Å². The van der Waals surface area contributed by atoms with E-state index in [-0.39, 0.29) is 6.42 Å². The third kappa shape index (κ3) is 4.74. The predicted molar refractivity (Wildman–Crippen MR) is 101 cm³/mol. The van der Waals surface area contributed by atoms with E-state index in [0.29, 0.717) is 19.8 Å². The summed E-state index contributed by atoms with van der Waals surface area (Å²) in [4.78, 5) is 0. The molecule has 0 bridgehead atoms. The van der Waals surface area contributed by atoms with E-state index < -0.39 is 23.9 Å². The molecule has 0 aromatic heterocycles. The fourth-order valence-electron chi connectivity index (χ4n) is 3.32. The molecule has 1 heterocycles. The Kier molecular flexibility index (Phi) is 6.59. The highest BCUT2D eigenvalue weighted by Gasteiger charge is 2.51. The van der Waals surface area contributed by atoms with Crippen LogP contribution in [-0.2, 0) is 27.4 Å². The van der Waals surface area contributed by atoms with Crippen molar-refractivity contribution < 1.29 is 19.3 Å². The van der Waals surface area contributed by atoms with Crippen molar-refractivity contribution in [1.82, 2.24) is 0 Å². The molecule has 0 radical (unpaired) electrons. The highest BCUT2D eigenvalue weighted by Crippen LogP contribution is 2.33. The molecule has 1 saturated heterocycles. The SMILES string of the molecule is CC1OCC(OCc2ccccc2)C(OCc2ccccc2)[C@@]1(O)CC#N. The number of nitriles is 1. The fourth-order valence-corrected chi connectivity index (χ4v) is 3.32. The molecule has 0 amide bonds. The van der Waals surface area contributed by atoms with Crippen LogP contribution in [0, 0.1) is 11.3 Å². The smallest absolute Gasteiger partial charge is 0.132 e. The zero-order chi connectivity index (χ0) is 19.1. The molecule has 2 aromatic rings. The lowest BCUT2D eigenvalue weighted by molar-refractivity contribution is -0.263. The van der Waals surface area contributed by atoms with Crippen LogP contribution in [0.4, 0.5) is 0 Å². The van der Waals surface area contributed by atoms with Crippen molar-refractivity contribution >= 4 is 0 Å². The molecule has 3 unspecified atom stereocenters. The minimum absolute atomic E-state index is 0.0845. The first-order chi connectivity index (χ1) is 13.1. The number of ether oxygens (including phenoxy) is 3. The van der Waals surface area contributed by atoms with E-state index >= 15 is 0 Å². The van der Waals surface area contributed by atoms with Crippen molar-refractivity contribution in [3.63, 3.8) is 0 Å². The Balaban J connectivity index is 1.75. The van der Waals surface area contributed by atoms with Crippen molar-refractivity contribution in [2.45, 2.75) is 50.5 Å². The number of hydrogen-bond donors (Lipinski definition) is 1. The minimum Gasteiger partial charge on any atom is -0.383 e. The Labute approximate surface area is 160 Å². The molecule has 1 N–H and O–H groups in total. The standard InChI is InChI=1S/C22H25NO4/c1-17-22(24,12-13-23)21(27-15-19-10-6-3-7-11-19)20(16-25-17)26-14-18-8-4-2-5-9-18/h2-11,17,20-21,24H,12,14-16H2,1H3/t17?,20?,21?,22-/m1/s1. The lowest BCUT2D eigenvalue weighted by atomic mass is 9.83. The quantitative estimate of drug-likeness (QED) is 0.813. The average Bonchev–Trinajstić information content (AvgIpc) is 2.70. The summed E-state index contributed by atoms with van der Waals surface area (Å²) in [5.74, 6) is 0. The first-order valence-corrected chi connectivity index (χ1v) is 9.15. The molecular weight excluding hydrogens is 342 g/mol. The van der Waals surface area contributed by atoms with Gasteiger partial charge in [-0.1, -0.05) is 60.7 Å². The van der Waals surface area contributed by atoms with Crippen LogP contribution in [0.2, 0.25) is 0 Å². The second-order valence-electron chi connectivity index (χ2n) is 6.85. The summed E-state index contributed by atoms with van der Waals surface area (Å²) in [7, 11) is 0. The summed E-state index contributed by atoms with van der Waals surface area (Å²) in [6.45, 7) is 2.79. The van der Waals surface area contributed by atoms with E-state index in [1.807, 2.05) is 60.7 Å². The monoisotopic (exact) mass is 367 g/mol. The number of rotatable bonds is 7. The summed E-state index contributed by atoms with van der Waals surface area (Å²) >= 11 is 0. The number of hydrogen-bond acceptors (Lipinski definition) is 5. The third-order valence-corrected chi connectivity index (χ3v) is 4.99. The van der Waals surface area contributed by atoms with E-state index in [4.69, 9.17) is 14.2 Å². The number of nitrogens with zero attached hydrogens (tertiary/aromatic N) is 1. The molecule has 1 aliphatic rings. The minimum atomic E-state index is -1.43. The van der Waals surface area contributed by atoms with Crippen LogP contribution in [0.5, 0.6) is 0 Å². The van der Waals surface area contributed by atoms with Crippen LogP contribution in [0.3, 0.4) is 0 Å². The zero-order valence-electron chi connectivity index (χ0n) is 15.5. The maximum atomic E-state index is 11.2. The molecule has 5 nitrogen and oxygen atoms in total. The maximum Gasteiger partial charge on any atom is 0.132 e. The molecule has 1 fully saturated rings. The Hall–Kier alpha value is -2.23. The molecule has 3 rings (SSSR count). The van der Waals surface area contributed by atoms with Crippen LogP contribution in [0.25, 0.3) is 0 Å². The Bertz CT molecular complexity index is 746. The average molecular weight is 367 g/mol. The number of aliphatic hydroxyl groups is 1. The van der Waals surface area contributed by atoms with Gasteiger partial charge in [0.15, 0.2) is 0 Å². The molecule has 2 aromatic carbocycles. The molecule has 0 aliphatic carbocycles. The maximum absolute atomic E-state index is 11.2. The van der Waals surface area contributed by atoms with Gasteiger partial charge in [0.05, 0.1) is 38.4 Å². The van der Waals surface area contributed by atoms with Gasteiger partial charge < -0.3 is 19.3 Å². The summed E-state index contributed by atoms with van der Waals surface area (Å²) < 4.78 is 17.9. The van der Waals surface area contributed by atoms with Gasteiger partial charge in [-0.3, -0.25) is 0 Å². The normalized spacial score (nSPS) is 27.8. The van der Waals surface area contributed by atoms with Crippen LogP contribution in [-0.4, -0.2) is 35.6 Å². The highest BCUT2D eigenvalue weighted by atomic mass is 16.6. The second-order valence-corrected chi connectivity index (χ2v) is 6.85. The predicted octanol–water partition coefficient (Wildman–Crippen LogP) is 3.22. The van der Waals surface area contributed by atoms with Gasteiger partial charge in [0.1, 0.15) is 17.8 Å². The van der Waals surface area contributed by atoms with Gasteiger partial charge in [0, 0.05) is 0 Å². The third-order valence-electron chi connectivity index (χ3n) is 4.99. The molecule has 1 aliphatic heterocycles. The van der Waals surface area contributed by atoms with Crippen LogP contribution in [0.1, 0.15) is 24.5 Å². The topological polar surface area (TPSA) is 71.7 Å². The van der Waals surface area contributed by atoms with Gasteiger partial charge in [0.2, 0.25) is 0 Å². The lowest BCUT2D eigenvalue weighted by Crippen LogP contribution is -2.63. The van der Waals surface area contributed by atoms with E-state index in [0.717, 1.165) is 11.1 Å². The second kappa shape index (κ2) is 9.12. The van der Waals surface area contributed by atoms with E-state index in [2.05, 4.69) is 6.07 Å².